The summed E-state index contributed by atoms with van der Waals surface area (Å²) in [6.07, 6.45) is 1.13. The lowest BCUT2D eigenvalue weighted by Crippen LogP contribution is -2.41. The van der Waals surface area contributed by atoms with Crippen LogP contribution in [-0.4, -0.2) is 44.2 Å². The van der Waals surface area contributed by atoms with Gasteiger partial charge in [0.25, 0.3) is 0 Å². The zero-order valence-corrected chi connectivity index (χ0v) is 19.7. The van der Waals surface area contributed by atoms with Gasteiger partial charge in [-0.3, -0.25) is 0 Å². The lowest BCUT2D eigenvalue weighted by Gasteiger charge is -2.24. The summed E-state index contributed by atoms with van der Waals surface area (Å²) in [5, 5.41) is 3.40. The Bertz CT molecular complexity index is 749. The minimum Gasteiger partial charge on any atom is -0.489 e. The van der Waals surface area contributed by atoms with Crippen LogP contribution in [-0.2, 0) is 17.9 Å². The van der Waals surface area contributed by atoms with E-state index in [0.717, 1.165) is 50.0 Å². The molecule has 0 aliphatic carbocycles. The van der Waals surface area contributed by atoms with E-state index >= 15 is 0 Å². The van der Waals surface area contributed by atoms with Crippen LogP contribution in [0.4, 0.5) is 0 Å². The van der Waals surface area contributed by atoms with Gasteiger partial charge in [0, 0.05) is 32.7 Å². The highest BCUT2D eigenvalue weighted by Gasteiger charge is 2.19. The number of rotatable bonds is 8. The van der Waals surface area contributed by atoms with E-state index in [9.17, 15) is 0 Å². The molecule has 158 valence electrons. The molecular weight excluding hydrogens is 477 g/mol. The van der Waals surface area contributed by atoms with E-state index in [1.165, 1.54) is 5.56 Å². The fourth-order valence-corrected chi connectivity index (χ4v) is 3.34. The van der Waals surface area contributed by atoms with Crippen LogP contribution in [0.2, 0.25) is 0 Å². The van der Waals surface area contributed by atoms with Crippen molar-refractivity contribution in [2.24, 2.45) is 10.9 Å². The molecule has 1 saturated heterocycles. The number of hydrogen-bond donors (Lipinski definition) is 1. The van der Waals surface area contributed by atoms with Gasteiger partial charge in [0.15, 0.2) is 5.96 Å². The van der Waals surface area contributed by atoms with Crippen LogP contribution >= 0.6 is 24.0 Å². The number of aliphatic imine (C=N–C) groups is 1. The minimum absolute atomic E-state index is 0. The molecule has 1 N–H and O–H groups in total. The summed E-state index contributed by atoms with van der Waals surface area (Å²) < 4.78 is 11.4. The second-order valence-electron chi connectivity index (χ2n) is 7.20. The summed E-state index contributed by atoms with van der Waals surface area (Å²) in [6.45, 7) is 6.86. The average Bonchev–Trinajstić information content (AvgIpc) is 3.23. The Hall–Kier alpha value is -1.80. The highest BCUT2D eigenvalue weighted by molar-refractivity contribution is 14.0. The molecule has 0 bridgehead atoms. The lowest BCUT2D eigenvalue weighted by atomic mass is 10.1. The van der Waals surface area contributed by atoms with Crippen molar-refractivity contribution in [1.82, 2.24) is 10.2 Å². The molecule has 5 nitrogen and oxygen atoms in total. The van der Waals surface area contributed by atoms with Crippen LogP contribution < -0.4 is 10.1 Å². The van der Waals surface area contributed by atoms with Crippen molar-refractivity contribution in [3.8, 4) is 5.75 Å². The molecule has 0 amide bonds. The van der Waals surface area contributed by atoms with Gasteiger partial charge in [-0.05, 0) is 36.6 Å². The van der Waals surface area contributed by atoms with Gasteiger partial charge in [0.2, 0.25) is 0 Å². The molecule has 1 aliphatic heterocycles. The molecular formula is C23H32IN3O2. The molecule has 0 saturated carbocycles. The maximum Gasteiger partial charge on any atom is 0.193 e. The first kappa shape index (κ1) is 23.5. The van der Waals surface area contributed by atoms with Gasteiger partial charge in [-0.15, -0.1) is 24.0 Å². The molecule has 0 spiro atoms. The second kappa shape index (κ2) is 12.7. The van der Waals surface area contributed by atoms with Crippen LogP contribution in [0, 0.1) is 5.92 Å². The summed E-state index contributed by atoms with van der Waals surface area (Å²) in [5.74, 6) is 2.42. The maximum atomic E-state index is 5.86. The van der Waals surface area contributed by atoms with E-state index in [1.54, 1.807) is 0 Å². The number of nitrogens with zero attached hydrogens (tertiary/aromatic N) is 2. The Morgan fingerprint density at radius 3 is 2.69 bits per heavy atom. The molecule has 6 heteroatoms. The van der Waals surface area contributed by atoms with Crippen LogP contribution in [0.5, 0.6) is 5.75 Å². The first-order chi connectivity index (χ1) is 13.7. The first-order valence-corrected chi connectivity index (χ1v) is 10.1. The van der Waals surface area contributed by atoms with Crippen LogP contribution in [0.15, 0.2) is 59.6 Å². The Kier molecular flexibility index (Phi) is 10.3. The van der Waals surface area contributed by atoms with Crippen molar-refractivity contribution in [3.05, 3.63) is 65.7 Å². The number of nitrogens with one attached hydrogen (secondary N) is 1. The van der Waals surface area contributed by atoms with Crippen molar-refractivity contribution in [2.75, 3.05) is 33.4 Å². The summed E-state index contributed by atoms with van der Waals surface area (Å²) in [4.78, 5) is 7.05. The Labute approximate surface area is 191 Å². The fraction of sp³-hybridized carbons (Fsp3) is 0.435. The van der Waals surface area contributed by atoms with Crippen LogP contribution in [0.25, 0.3) is 0 Å². The average molecular weight is 509 g/mol. The monoisotopic (exact) mass is 509 g/mol. The molecule has 3 rings (SSSR count). The van der Waals surface area contributed by atoms with Crippen molar-refractivity contribution < 1.29 is 9.47 Å². The summed E-state index contributed by atoms with van der Waals surface area (Å²) in [5.41, 5.74) is 2.33. The number of hydrogen-bond acceptors (Lipinski definition) is 3. The largest absolute Gasteiger partial charge is 0.489 e. The number of para-hydroxylation sites is 1. The van der Waals surface area contributed by atoms with E-state index in [1.807, 2.05) is 30.3 Å². The molecule has 1 aliphatic rings. The van der Waals surface area contributed by atoms with E-state index in [2.05, 4.69) is 48.5 Å². The smallest absolute Gasteiger partial charge is 0.193 e. The molecule has 1 fully saturated rings. The molecule has 29 heavy (non-hydrogen) atoms. The van der Waals surface area contributed by atoms with Crippen molar-refractivity contribution in [1.29, 1.82) is 0 Å². The van der Waals surface area contributed by atoms with E-state index in [-0.39, 0.29) is 24.0 Å². The van der Waals surface area contributed by atoms with Crippen LogP contribution in [0.3, 0.4) is 0 Å². The number of guanidine groups is 1. The van der Waals surface area contributed by atoms with Gasteiger partial charge in [-0.2, -0.15) is 0 Å². The zero-order chi connectivity index (χ0) is 19.6. The van der Waals surface area contributed by atoms with Gasteiger partial charge in [-0.25, -0.2) is 4.99 Å². The summed E-state index contributed by atoms with van der Waals surface area (Å²) in [7, 11) is 2.10. The molecule has 2 aromatic rings. The molecule has 0 radical (unpaired) electrons. The fourth-order valence-electron chi connectivity index (χ4n) is 3.34. The second-order valence-corrected chi connectivity index (χ2v) is 7.20. The van der Waals surface area contributed by atoms with Gasteiger partial charge < -0.3 is 19.7 Å². The Morgan fingerprint density at radius 1 is 1.17 bits per heavy atom. The Balaban J connectivity index is 0.00000300. The number of ether oxygens (including phenoxy) is 2. The predicted octanol–water partition coefficient (Wildman–Crippen LogP) is 4.32. The number of halogens is 1. The maximum absolute atomic E-state index is 5.86. The van der Waals surface area contributed by atoms with Gasteiger partial charge in [-0.1, -0.05) is 42.5 Å². The van der Waals surface area contributed by atoms with E-state index in [4.69, 9.17) is 14.5 Å². The molecule has 1 unspecified atom stereocenters. The minimum atomic E-state index is 0. The third-order valence-corrected chi connectivity index (χ3v) is 4.80. The number of benzene rings is 2. The Morgan fingerprint density at radius 2 is 1.97 bits per heavy atom. The molecule has 1 atom stereocenters. The third kappa shape index (κ3) is 7.85. The standard InChI is InChI=1S/C23H31N3O2.HI/c1-3-24-23(26(2)16-21-12-13-27-17-21)25-15-19-8-7-9-20(14-19)18-28-22-10-5-4-6-11-22;/h4-11,14,21H,3,12-13,15-18H2,1-2H3,(H,24,25);1H. The first-order valence-electron chi connectivity index (χ1n) is 10.1. The lowest BCUT2D eigenvalue weighted by molar-refractivity contribution is 0.181. The third-order valence-electron chi connectivity index (χ3n) is 4.80. The summed E-state index contributed by atoms with van der Waals surface area (Å²) >= 11 is 0. The van der Waals surface area contributed by atoms with Crippen molar-refractivity contribution in [3.63, 3.8) is 0 Å². The van der Waals surface area contributed by atoms with Gasteiger partial charge in [0.1, 0.15) is 12.4 Å². The SMILES string of the molecule is CCNC(=NCc1cccc(COc2ccccc2)c1)N(C)CC1CCOC1.I. The quantitative estimate of drug-likeness (QED) is 0.327. The van der Waals surface area contributed by atoms with E-state index in [0.29, 0.717) is 19.1 Å². The normalized spacial score (nSPS) is 16.2. The summed E-state index contributed by atoms with van der Waals surface area (Å²) in [6, 6.07) is 18.3. The highest BCUT2D eigenvalue weighted by atomic mass is 127. The van der Waals surface area contributed by atoms with Crippen LogP contribution in [0.1, 0.15) is 24.5 Å². The molecule has 2 aromatic carbocycles. The van der Waals surface area contributed by atoms with Gasteiger partial charge >= 0.3 is 0 Å². The highest BCUT2D eigenvalue weighted by Crippen LogP contribution is 2.15. The van der Waals surface area contributed by atoms with E-state index < -0.39 is 0 Å². The van der Waals surface area contributed by atoms with Gasteiger partial charge in [0.05, 0.1) is 13.2 Å². The predicted molar refractivity (Wildman–Crippen MR) is 129 cm³/mol. The van der Waals surface area contributed by atoms with Crippen molar-refractivity contribution in [2.45, 2.75) is 26.5 Å². The van der Waals surface area contributed by atoms with Crippen molar-refractivity contribution >= 4 is 29.9 Å². The topological polar surface area (TPSA) is 46.1 Å². The molecule has 0 aromatic heterocycles. The molecule has 1 heterocycles. The zero-order valence-electron chi connectivity index (χ0n) is 17.3.